The lowest BCUT2D eigenvalue weighted by Crippen LogP contribution is -2.42. The van der Waals surface area contributed by atoms with Crippen LogP contribution in [0.4, 0.5) is 0 Å². The molecule has 1 unspecified atom stereocenters. The van der Waals surface area contributed by atoms with Crippen LogP contribution < -0.4 is 0 Å². The van der Waals surface area contributed by atoms with Gasteiger partial charge in [-0.2, -0.15) is 0 Å². The molecule has 0 saturated heterocycles. The molecule has 0 amide bonds. The quantitative estimate of drug-likeness (QED) is 0.413. The van der Waals surface area contributed by atoms with Crippen molar-refractivity contribution in [3.05, 3.63) is 0 Å². The van der Waals surface area contributed by atoms with Crippen molar-refractivity contribution in [3.8, 4) is 11.8 Å². The maximum absolute atomic E-state index is 6.01. The minimum absolute atomic E-state index is 0.0263. The highest BCUT2D eigenvalue weighted by atomic mass is 35.5. The summed E-state index contributed by atoms with van der Waals surface area (Å²) >= 11 is 11.9. The lowest BCUT2D eigenvalue weighted by Gasteiger charge is -2.28. The van der Waals surface area contributed by atoms with E-state index in [0.29, 0.717) is 5.92 Å². The fraction of sp³-hybridized carbons (Fsp3) is 0.833. The van der Waals surface area contributed by atoms with Crippen LogP contribution in [-0.4, -0.2) is 18.9 Å². The molecule has 0 bridgehead atoms. The van der Waals surface area contributed by atoms with E-state index in [2.05, 4.69) is 25.7 Å². The molecule has 94 valence electrons. The Bertz CT molecular complexity index is 253. The average Bonchev–Trinajstić information content (AvgIpc) is 2.12. The Labute approximate surface area is 111 Å². The maximum Gasteiger partial charge on any atom is 0.221 e. The molecule has 0 aromatic heterocycles. The first-order valence-electron chi connectivity index (χ1n) is 5.74. The van der Waals surface area contributed by atoms with E-state index in [9.17, 15) is 0 Å². The summed E-state index contributed by atoms with van der Waals surface area (Å²) in [7, 11) is -2.03. The molecule has 0 rings (SSSR count). The predicted molar refractivity (Wildman–Crippen MR) is 75.4 cm³/mol. The van der Waals surface area contributed by atoms with E-state index < -0.39 is 12.8 Å². The van der Waals surface area contributed by atoms with Crippen LogP contribution in [0, 0.1) is 17.8 Å². The first kappa shape index (κ1) is 16.3. The Morgan fingerprint density at radius 2 is 1.81 bits per heavy atom. The van der Waals surface area contributed by atoms with Crippen LogP contribution in [0.5, 0.6) is 0 Å². The van der Waals surface area contributed by atoms with Crippen LogP contribution >= 0.6 is 23.2 Å². The average molecular weight is 281 g/mol. The standard InChI is InChI=1S/C12H22Cl2OSi/c1-6-7-8-11(9-10(2)3)15-16(4,5)12(13)14/h10-12H,6,9H2,1-5H3. The smallest absolute Gasteiger partial charge is 0.221 e. The zero-order valence-electron chi connectivity index (χ0n) is 10.8. The number of hydrogen-bond donors (Lipinski definition) is 0. The summed E-state index contributed by atoms with van der Waals surface area (Å²) in [5, 5.41) is 0. The second kappa shape index (κ2) is 7.61. The van der Waals surface area contributed by atoms with E-state index in [1.165, 1.54) is 0 Å². The summed E-state index contributed by atoms with van der Waals surface area (Å²) in [6.07, 6.45) is 1.76. The lowest BCUT2D eigenvalue weighted by atomic mass is 10.1. The third-order valence-electron chi connectivity index (χ3n) is 2.10. The highest BCUT2D eigenvalue weighted by Gasteiger charge is 2.33. The first-order valence-corrected chi connectivity index (χ1v) is 9.59. The third kappa shape index (κ3) is 6.80. The van der Waals surface area contributed by atoms with Gasteiger partial charge in [0.05, 0.1) is 0 Å². The molecule has 0 aliphatic heterocycles. The Balaban J connectivity index is 4.53. The predicted octanol–water partition coefficient (Wildman–Crippen LogP) is 4.38. The summed E-state index contributed by atoms with van der Waals surface area (Å²) in [4.78, 5) is 0. The van der Waals surface area contributed by atoms with Crippen LogP contribution in [0.3, 0.4) is 0 Å². The van der Waals surface area contributed by atoms with Crippen molar-refractivity contribution in [2.24, 2.45) is 5.92 Å². The van der Waals surface area contributed by atoms with Crippen molar-refractivity contribution >= 4 is 31.5 Å². The molecule has 1 nitrogen and oxygen atoms in total. The van der Waals surface area contributed by atoms with E-state index in [-0.39, 0.29) is 6.10 Å². The molecule has 16 heavy (non-hydrogen) atoms. The number of hydrogen-bond acceptors (Lipinski definition) is 1. The van der Waals surface area contributed by atoms with Gasteiger partial charge in [-0.05, 0) is 25.4 Å². The van der Waals surface area contributed by atoms with Crippen molar-refractivity contribution < 1.29 is 4.43 Å². The minimum Gasteiger partial charge on any atom is -0.401 e. The molecule has 0 radical (unpaired) electrons. The summed E-state index contributed by atoms with van der Waals surface area (Å²) in [5.41, 5.74) is 0. The van der Waals surface area contributed by atoms with Gasteiger partial charge in [0.15, 0.2) is 0 Å². The summed E-state index contributed by atoms with van der Waals surface area (Å²) in [6, 6.07) is 0. The van der Waals surface area contributed by atoms with Gasteiger partial charge in [-0.15, -0.1) is 29.1 Å². The van der Waals surface area contributed by atoms with Gasteiger partial charge in [0.2, 0.25) is 8.32 Å². The third-order valence-corrected chi connectivity index (χ3v) is 7.19. The first-order chi connectivity index (χ1) is 7.29. The monoisotopic (exact) mass is 280 g/mol. The molecular formula is C12H22Cl2OSi. The second-order valence-corrected chi connectivity index (χ2v) is 10.7. The second-order valence-electron chi connectivity index (χ2n) is 4.81. The van der Waals surface area contributed by atoms with Crippen molar-refractivity contribution in [2.45, 2.75) is 57.3 Å². The molecule has 0 saturated carbocycles. The molecule has 0 aromatic rings. The Morgan fingerprint density at radius 1 is 1.25 bits per heavy atom. The maximum atomic E-state index is 6.01. The van der Waals surface area contributed by atoms with E-state index >= 15 is 0 Å². The van der Waals surface area contributed by atoms with Gasteiger partial charge in [-0.3, -0.25) is 0 Å². The molecule has 0 aliphatic carbocycles. The van der Waals surface area contributed by atoms with Crippen LogP contribution in [0.25, 0.3) is 0 Å². The zero-order valence-corrected chi connectivity index (χ0v) is 13.3. The molecular weight excluding hydrogens is 259 g/mol. The molecule has 1 atom stereocenters. The Hall–Kier alpha value is 0.317. The Kier molecular flexibility index (Phi) is 7.76. The van der Waals surface area contributed by atoms with Gasteiger partial charge in [0.1, 0.15) is 10.6 Å². The summed E-state index contributed by atoms with van der Waals surface area (Å²) in [5.74, 6) is 6.79. The summed E-state index contributed by atoms with van der Waals surface area (Å²) in [6.45, 7) is 10.4. The van der Waals surface area contributed by atoms with Crippen LogP contribution in [-0.2, 0) is 4.43 Å². The van der Waals surface area contributed by atoms with Crippen molar-refractivity contribution in [1.82, 2.24) is 0 Å². The normalized spacial score (nSPS) is 13.8. The van der Waals surface area contributed by atoms with Gasteiger partial charge in [-0.25, -0.2) is 0 Å². The number of alkyl halides is 2. The van der Waals surface area contributed by atoms with Crippen molar-refractivity contribution in [2.75, 3.05) is 0 Å². The molecule has 4 heteroatoms. The van der Waals surface area contributed by atoms with Crippen LogP contribution in [0.1, 0.15) is 33.6 Å². The van der Waals surface area contributed by atoms with Crippen LogP contribution in [0.2, 0.25) is 13.1 Å². The van der Waals surface area contributed by atoms with Gasteiger partial charge >= 0.3 is 0 Å². The lowest BCUT2D eigenvalue weighted by molar-refractivity contribution is 0.219. The molecule has 0 N–H and O–H groups in total. The largest absolute Gasteiger partial charge is 0.401 e. The van der Waals surface area contributed by atoms with Crippen molar-refractivity contribution in [3.63, 3.8) is 0 Å². The van der Waals surface area contributed by atoms with E-state index in [1.807, 2.05) is 20.0 Å². The topological polar surface area (TPSA) is 9.23 Å². The van der Waals surface area contributed by atoms with Gasteiger partial charge in [-0.1, -0.05) is 26.7 Å². The van der Waals surface area contributed by atoms with E-state index in [1.54, 1.807) is 0 Å². The van der Waals surface area contributed by atoms with Crippen LogP contribution in [0.15, 0.2) is 0 Å². The highest BCUT2D eigenvalue weighted by molar-refractivity contribution is 6.88. The van der Waals surface area contributed by atoms with Crippen molar-refractivity contribution in [1.29, 1.82) is 0 Å². The zero-order chi connectivity index (χ0) is 12.8. The fourth-order valence-electron chi connectivity index (χ4n) is 1.20. The van der Waals surface area contributed by atoms with Gasteiger partial charge < -0.3 is 4.43 Å². The number of halogens is 2. The molecule has 0 heterocycles. The highest BCUT2D eigenvalue weighted by Crippen LogP contribution is 2.23. The molecule has 0 aromatic carbocycles. The Morgan fingerprint density at radius 3 is 2.19 bits per heavy atom. The van der Waals surface area contributed by atoms with Gasteiger partial charge in [0.25, 0.3) is 0 Å². The SMILES string of the molecule is CCC#CC(CC(C)C)O[Si](C)(C)C(Cl)Cl. The molecule has 0 spiro atoms. The van der Waals surface area contributed by atoms with E-state index in [4.69, 9.17) is 27.6 Å². The fourth-order valence-corrected chi connectivity index (χ4v) is 2.50. The number of rotatable bonds is 5. The van der Waals surface area contributed by atoms with Gasteiger partial charge in [0, 0.05) is 6.42 Å². The molecule has 0 aliphatic rings. The molecule has 0 fully saturated rings. The minimum atomic E-state index is -2.03. The van der Waals surface area contributed by atoms with E-state index in [0.717, 1.165) is 12.8 Å². The summed E-state index contributed by atoms with van der Waals surface area (Å²) < 4.78 is 5.60.